The fourth-order valence-electron chi connectivity index (χ4n) is 2.44. The van der Waals surface area contributed by atoms with E-state index in [-0.39, 0.29) is 11.8 Å². The summed E-state index contributed by atoms with van der Waals surface area (Å²) in [4.78, 5) is 13.5. The Labute approximate surface area is 105 Å². The van der Waals surface area contributed by atoms with Gasteiger partial charge in [-0.3, -0.25) is 4.79 Å². The quantitative estimate of drug-likeness (QED) is 0.694. The highest BCUT2D eigenvalue weighted by atomic mass is 16.1. The van der Waals surface area contributed by atoms with Gasteiger partial charge in [0.25, 0.3) is 0 Å². The number of nitrogens with zero attached hydrogens (tertiary/aromatic N) is 1. The van der Waals surface area contributed by atoms with E-state index in [4.69, 9.17) is 5.73 Å². The van der Waals surface area contributed by atoms with E-state index >= 15 is 0 Å². The second kappa shape index (κ2) is 6.97. The van der Waals surface area contributed by atoms with Gasteiger partial charge in [0.1, 0.15) is 0 Å². The van der Waals surface area contributed by atoms with Crippen molar-refractivity contribution < 1.29 is 4.79 Å². The molecular weight excluding hydrogens is 214 g/mol. The lowest BCUT2D eigenvalue weighted by Gasteiger charge is -2.28. The summed E-state index contributed by atoms with van der Waals surface area (Å²) < 4.78 is 0. The average molecular weight is 241 g/mol. The maximum Gasteiger partial charge on any atom is 0.221 e. The summed E-state index contributed by atoms with van der Waals surface area (Å²) >= 11 is 0. The Hall–Kier alpha value is -0.610. The van der Waals surface area contributed by atoms with Crippen molar-refractivity contribution >= 4 is 5.91 Å². The molecule has 4 heteroatoms. The summed E-state index contributed by atoms with van der Waals surface area (Å²) in [7, 11) is 0. The van der Waals surface area contributed by atoms with Crippen LogP contribution in [0, 0.1) is 11.8 Å². The minimum absolute atomic E-state index is 0.0600. The number of rotatable bonds is 7. The first-order valence-corrected chi connectivity index (χ1v) is 6.74. The summed E-state index contributed by atoms with van der Waals surface area (Å²) in [5.41, 5.74) is 5.34. The predicted molar refractivity (Wildman–Crippen MR) is 70.7 cm³/mol. The number of carbonyl (C=O) groups is 1. The van der Waals surface area contributed by atoms with Gasteiger partial charge in [0.05, 0.1) is 0 Å². The van der Waals surface area contributed by atoms with Crippen molar-refractivity contribution in [3.63, 3.8) is 0 Å². The first kappa shape index (κ1) is 14.5. The van der Waals surface area contributed by atoms with Crippen LogP contribution in [0.25, 0.3) is 0 Å². The van der Waals surface area contributed by atoms with E-state index in [0.29, 0.717) is 12.0 Å². The van der Waals surface area contributed by atoms with Crippen molar-refractivity contribution in [2.24, 2.45) is 17.6 Å². The van der Waals surface area contributed by atoms with Crippen LogP contribution in [0.4, 0.5) is 0 Å². The number of nitrogens with one attached hydrogen (secondary N) is 1. The summed E-state index contributed by atoms with van der Waals surface area (Å²) in [5.74, 6) is 0.366. The molecule has 17 heavy (non-hydrogen) atoms. The summed E-state index contributed by atoms with van der Waals surface area (Å²) in [5, 5.41) is 3.50. The Balaban J connectivity index is 2.43. The van der Waals surface area contributed by atoms with Crippen LogP contribution in [0.5, 0.6) is 0 Å². The Bertz CT molecular complexity index is 237. The zero-order chi connectivity index (χ0) is 12.8. The van der Waals surface area contributed by atoms with Crippen LogP contribution in [0.2, 0.25) is 0 Å². The van der Waals surface area contributed by atoms with Crippen molar-refractivity contribution in [3.05, 3.63) is 0 Å². The van der Waals surface area contributed by atoms with E-state index in [1.165, 1.54) is 12.8 Å². The number of hydrogen-bond donors (Lipinski definition) is 2. The number of carbonyl (C=O) groups excluding carboxylic acids is 1. The summed E-state index contributed by atoms with van der Waals surface area (Å²) in [6, 6.07) is 0.592. The van der Waals surface area contributed by atoms with Crippen LogP contribution in [0.3, 0.4) is 0 Å². The topological polar surface area (TPSA) is 58.4 Å². The van der Waals surface area contributed by atoms with Crippen molar-refractivity contribution in [2.45, 2.75) is 39.7 Å². The van der Waals surface area contributed by atoms with Gasteiger partial charge in [-0.15, -0.1) is 0 Å². The molecule has 1 aliphatic heterocycles. The Kier molecular flexibility index (Phi) is 5.92. The van der Waals surface area contributed by atoms with Crippen molar-refractivity contribution in [3.8, 4) is 0 Å². The van der Waals surface area contributed by atoms with E-state index in [2.05, 4.69) is 24.1 Å². The lowest BCUT2D eigenvalue weighted by molar-refractivity contribution is -0.121. The van der Waals surface area contributed by atoms with Gasteiger partial charge in [-0.25, -0.2) is 0 Å². The number of amides is 1. The van der Waals surface area contributed by atoms with Crippen LogP contribution >= 0.6 is 0 Å². The monoisotopic (exact) mass is 241 g/mol. The molecule has 0 aromatic carbocycles. The first-order valence-electron chi connectivity index (χ1n) is 6.74. The molecule has 1 rings (SSSR count). The lowest BCUT2D eigenvalue weighted by atomic mass is 10.1. The minimum Gasteiger partial charge on any atom is -0.369 e. The predicted octanol–water partition coefficient (Wildman–Crippen LogP) is 0.818. The molecule has 100 valence electrons. The maximum absolute atomic E-state index is 11.1. The standard InChI is InChI=1S/C13H27N3O/c1-10(2)7-16(8-11(3)13(14)17)9-12-5-4-6-15-12/h10-12,15H,4-9H2,1-3H3,(H2,14,17). The molecule has 3 N–H and O–H groups in total. The zero-order valence-corrected chi connectivity index (χ0v) is 11.4. The van der Waals surface area contributed by atoms with E-state index in [1.54, 1.807) is 0 Å². The molecule has 0 aromatic rings. The second-order valence-electron chi connectivity index (χ2n) is 5.71. The van der Waals surface area contributed by atoms with Crippen molar-refractivity contribution in [1.29, 1.82) is 0 Å². The van der Waals surface area contributed by atoms with Gasteiger partial charge in [-0.1, -0.05) is 20.8 Å². The van der Waals surface area contributed by atoms with Crippen LogP contribution in [-0.4, -0.2) is 43.0 Å². The molecule has 0 aromatic heterocycles. The van der Waals surface area contributed by atoms with Gasteiger partial charge in [0.15, 0.2) is 0 Å². The van der Waals surface area contributed by atoms with Crippen molar-refractivity contribution in [2.75, 3.05) is 26.2 Å². The van der Waals surface area contributed by atoms with E-state index in [0.717, 1.165) is 26.2 Å². The Morgan fingerprint density at radius 1 is 1.41 bits per heavy atom. The molecule has 0 radical (unpaired) electrons. The summed E-state index contributed by atoms with van der Waals surface area (Å²) in [6.07, 6.45) is 2.52. The summed E-state index contributed by atoms with van der Waals surface area (Å²) in [6.45, 7) is 10.3. The maximum atomic E-state index is 11.1. The molecular formula is C13H27N3O. The van der Waals surface area contributed by atoms with E-state index in [9.17, 15) is 4.79 Å². The molecule has 4 nitrogen and oxygen atoms in total. The average Bonchev–Trinajstić information content (AvgIpc) is 2.68. The largest absolute Gasteiger partial charge is 0.369 e. The van der Waals surface area contributed by atoms with Crippen LogP contribution in [-0.2, 0) is 4.79 Å². The molecule has 1 aliphatic rings. The fraction of sp³-hybridized carbons (Fsp3) is 0.923. The highest BCUT2D eigenvalue weighted by molar-refractivity contribution is 5.76. The Morgan fingerprint density at radius 3 is 2.59 bits per heavy atom. The molecule has 2 atom stereocenters. The zero-order valence-electron chi connectivity index (χ0n) is 11.4. The molecule has 1 saturated heterocycles. The Morgan fingerprint density at radius 2 is 2.12 bits per heavy atom. The lowest BCUT2D eigenvalue weighted by Crippen LogP contribution is -2.43. The molecule has 0 aliphatic carbocycles. The minimum atomic E-state index is -0.196. The van der Waals surface area contributed by atoms with Crippen LogP contribution < -0.4 is 11.1 Å². The van der Waals surface area contributed by atoms with Gasteiger partial charge in [-0.05, 0) is 25.3 Å². The molecule has 1 fully saturated rings. The van der Waals surface area contributed by atoms with Gasteiger partial charge in [-0.2, -0.15) is 0 Å². The molecule has 2 unspecified atom stereocenters. The van der Waals surface area contributed by atoms with Crippen molar-refractivity contribution in [1.82, 2.24) is 10.2 Å². The smallest absolute Gasteiger partial charge is 0.221 e. The van der Waals surface area contributed by atoms with Gasteiger partial charge in [0, 0.05) is 31.6 Å². The van der Waals surface area contributed by atoms with Gasteiger partial charge >= 0.3 is 0 Å². The molecule has 0 spiro atoms. The highest BCUT2D eigenvalue weighted by Crippen LogP contribution is 2.10. The third-order valence-electron chi connectivity index (χ3n) is 3.28. The van der Waals surface area contributed by atoms with E-state index in [1.807, 2.05) is 6.92 Å². The van der Waals surface area contributed by atoms with Crippen LogP contribution in [0.15, 0.2) is 0 Å². The number of nitrogens with two attached hydrogens (primary N) is 1. The molecule has 1 heterocycles. The molecule has 0 saturated carbocycles. The van der Waals surface area contributed by atoms with Gasteiger partial charge < -0.3 is 16.0 Å². The SMILES string of the molecule is CC(C)CN(CC1CCCN1)CC(C)C(N)=O. The van der Waals surface area contributed by atoms with Gasteiger partial charge in [0.2, 0.25) is 5.91 Å². The first-order chi connectivity index (χ1) is 7.99. The third-order valence-corrected chi connectivity index (χ3v) is 3.28. The highest BCUT2D eigenvalue weighted by Gasteiger charge is 2.21. The van der Waals surface area contributed by atoms with Crippen LogP contribution in [0.1, 0.15) is 33.6 Å². The number of hydrogen-bond acceptors (Lipinski definition) is 3. The normalized spacial score (nSPS) is 22.3. The third kappa shape index (κ3) is 5.50. The molecule has 0 bridgehead atoms. The molecule has 1 amide bonds. The fourth-order valence-corrected chi connectivity index (χ4v) is 2.44. The number of primary amides is 1. The van der Waals surface area contributed by atoms with E-state index < -0.39 is 0 Å². The second-order valence-corrected chi connectivity index (χ2v) is 5.71.